The zero-order valence-electron chi connectivity index (χ0n) is 16.5. The van der Waals surface area contributed by atoms with Crippen LogP contribution in [0.5, 0.6) is 0 Å². The third kappa shape index (κ3) is 4.15. The van der Waals surface area contributed by atoms with Crippen LogP contribution in [-0.4, -0.2) is 25.2 Å². The number of furan rings is 1. The van der Waals surface area contributed by atoms with Crippen molar-refractivity contribution in [3.8, 4) is 6.07 Å². The second-order valence-electron chi connectivity index (χ2n) is 6.10. The minimum atomic E-state index is -0.732. The molecule has 3 rings (SSSR count). The molecule has 8 nitrogen and oxygen atoms in total. The van der Waals surface area contributed by atoms with E-state index < -0.39 is 11.9 Å². The Morgan fingerprint density at radius 1 is 1.10 bits per heavy atom. The average Bonchev–Trinajstić information content (AvgIpc) is 3.27. The number of carbonyl (C=O) groups excluding carboxylic acids is 2. The summed E-state index contributed by atoms with van der Waals surface area (Å²) in [6.07, 6.45) is 0. The summed E-state index contributed by atoms with van der Waals surface area (Å²) in [6.45, 7) is 4.01. The van der Waals surface area contributed by atoms with E-state index in [2.05, 4.69) is 0 Å². The Morgan fingerprint density at radius 2 is 1.87 bits per heavy atom. The molecule has 0 atom stereocenters. The number of nitriles is 1. The van der Waals surface area contributed by atoms with Gasteiger partial charge in [-0.2, -0.15) is 5.26 Å². The van der Waals surface area contributed by atoms with Crippen molar-refractivity contribution in [3.63, 3.8) is 0 Å². The first-order valence-corrected chi connectivity index (χ1v) is 10.1. The molecule has 0 saturated carbocycles. The standard InChI is InChI=1S/C21H20N2O6S/c1-3-26-10-14-12-7-5-6-8-16(12)29-17(14)20(24)28-11-15-13(9-22)19(23)30-18(15)21(25)27-4-2/h5-8H,3-4,10-11,23H2,1-2H3. The van der Waals surface area contributed by atoms with E-state index >= 15 is 0 Å². The molecule has 0 amide bonds. The molecule has 2 aromatic heterocycles. The summed E-state index contributed by atoms with van der Waals surface area (Å²) >= 11 is 0.925. The molecule has 3 aromatic rings. The van der Waals surface area contributed by atoms with E-state index in [0.29, 0.717) is 17.8 Å². The predicted molar refractivity (Wildman–Crippen MR) is 110 cm³/mol. The first kappa shape index (κ1) is 21.4. The lowest BCUT2D eigenvalue weighted by atomic mass is 10.1. The summed E-state index contributed by atoms with van der Waals surface area (Å²) in [5.74, 6) is -1.34. The van der Waals surface area contributed by atoms with Crippen molar-refractivity contribution >= 4 is 39.2 Å². The summed E-state index contributed by atoms with van der Waals surface area (Å²) in [6, 6.07) is 9.15. The van der Waals surface area contributed by atoms with Gasteiger partial charge < -0.3 is 24.4 Å². The number of carbonyl (C=O) groups is 2. The summed E-state index contributed by atoms with van der Waals surface area (Å²) in [4.78, 5) is 25.1. The molecule has 30 heavy (non-hydrogen) atoms. The lowest BCUT2D eigenvalue weighted by molar-refractivity contribution is 0.0417. The number of nitrogen functional groups attached to an aromatic ring is 1. The molecule has 0 aliphatic carbocycles. The van der Waals surface area contributed by atoms with Crippen LogP contribution in [0.4, 0.5) is 5.00 Å². The van der Waals surface area contributed by atoms with Crippen molar-refractivity contribution in [1.82, 2.24) is 0 Å². The number of thiophene rings is 1. The summed E-state index contributed by atoms with van der Waals surface area (Å²) < 4.78 is 21.6. The van der Waals surface area contributed by atoms with Gasteiger partial charge in [0.05, 0.1) is 18.8 Å². The van der Waals surface area contributed by atoms with Gasteiger partial charge in [0.1, 0.15) is 28.1 Å². The highest BCUT2D eigenvalue weighted by Crippen LogP contribution is 2.33. The van der Waals surface area contributed by atoms with Crippen LogP contribution >= 0.6 is 11.3 Å². The van der Waals surface area contributed by atoms with Crippen molar-refractivity contribution in [2.45, 2.75) is 27.1 Å². The summed E-state index contributed by atoms with van der Waals surface area (Å²) in [5, 5.41) is 10.3. The largest absolute Gasteiger partial charge is 0.462 e. The van der Waals surface area contributed by atoms with E-state index in [1.807, 2.05) is 25.1 Å². The van der Waals surface area contributed by atoms with E-state index in [1.54, 1.807) is 19.1 Å². The first-order valence-electron chi connectivity index (χ1n) is 9.25. The van der Waals surface area contributed by atoms with Crippen LogP contribution in [0.3, 0.4) is 0 Å². The number of esters is 2. The maximum Gasteiger partial charge on any atom is 0.374 e. The fourth-order valence-corrected chi connectivity index (χ4v) is 3.84. The van der Waals surface area contributed by atoms with Crippen LogP contribution in [0.25, 0.3) is 11.0 Å². The van der Waals surface area contributed by atoms with Crippen molar-refractivity contribution in [2.24, 2.45) is 0 Å². The van der Waals surface area contributed by atoms with E-state index in [-0.39, 0.29) is 46.6 Å². The normalized spacial score (nSPS) is 10.7. The maximum atomic E-state index is 12.8. The number of ether oxygens (including phenoxy) is 3. The number of nitrogens with zero attached hydrogens (tertiary/aromatic N) is 1. The Morgan fingerprint density at radius 3 is 2.57 bits per heavy atom. The van der Waals surface area contributed by atoms with Gasteiger partial charge in [-0.15, -0.1) is 11.3 Å². The predicted octanol–water partition coefficient (Wildman–Crippen LogP) is 4.02. The van der Waals surface area contributed by atoms with Crippen LogP contribution in [0.15, 0.2) is 28.7 Å². The fourth-order valence-electron chi connectivity index (χ4n) is 2.92. The SMILES string of the molecule is CCOCc1c(C(=O)OCc2c(C(=O)OCC)sc(N)c2C#N)oc2ccccc12. The Bertz CT molecular complexity index is 1120. The van der Waals surface area contributed by atoms with Crippen molar-refractivity contribution in [1.29, 1.82) is 5.26 Å². The monoisotopic (exact) mass is 428 g/mol. The van der Waals surface area contributed by atoms with E-state index in [1.165, 1.54) is 0 Å². The van der Waals surface area contributed by atoms with Gasteiger partial charge in [-0.1, -0.05) is 18.2 Å². The molecule has 0 bridgehead atoms. The highest BCUT2D eigenvalue weighted by molar-refractivity contribution is 7.18. The average molecular weight is 428 g/mol. The Hall–Kier alpha value is -3.35. The van der Waals surface area contributed by atoms with Gasteiger partial charge in [0.2, 0.25) is 5.76 Å². The molecule has 2 N–H and O–H groups in total. The van der Waals surface area contributed by atoms with Crippen LogP contribution in [-0.2, 0) is 27.4 Å². The molecule has 0 aliphatic heterocycles. The number of para-hydroxylation sites is 1. The Labute approximate surface area is 176 Å². The van der Waals surface area contributed by atoms with Crippen LogP contribution < -0.4 is 5.73 Å². The second kappa shape index (κ2) is 9.43. The van der Waals surface area contributed by atoms with Gasteiger partial charge in [0, 0.05) is 23.1 Å². The summed E-state index contributed by atoms with van der Waals surface area (Å²) in [7, 11) is 0. The van der Waals surface area contributed by atoms with E-state index in [4.69, 9.17) is 24.4 Å². The third-order valence-electron chi connectivity index (χ3n) is 4.29. The van der Waals surface area contributed by atoms with Crippen LogP contribution in [0.2, 0.25) is 0 Å². The van der Waals surface area contributed by atoms with Gasteiger partial charge >= 0.3 is 11.9 Å². The van der Waals surface area contributed by atoms with Gasteiger partial charge in [0.15, 0.2) is 0 Å². The minimum absolute atomic E-state index is 0.0176. The number of rotatable bonds is 8. The molecule has 0 radical (unpaired) electrons. The molecular formula is C21H20N2O6S. The maximum absolute atomic E-state index is 12.8. The Balaban J connectivity index is 1.90. The third-order valence-corrected chi connectivity index (χ3v) is 5.33. The number of benzene rings is 1. The zero-order chi connectivity index (χ0) is 21.7. The highest BCUT2D eigenvalue weighted by atomic mass is 32.1. The molecule has 0 saturated heterocycles. The molecule has 9 heteroatoms. The van der Waals surface area contributed by atoms with Crippen molar-refractivity contribution < 1.29 is 28.2 Å². The molecule has 156 valence electrons. The molecular weight excluding hydrogens is 408 g/mol. The zero-order valence-corrected chi connectivity index (χ0v) is 17.3. The second-order valence-corrected chi connectivity index (χ2v) is 7.15. The van der Waals surface area contributed by atoms with Crippen molar-refractivity contribution in [2.75, 3.05) is 18.9 Å². The molecule has 0 spiro atoms. The molecule has 1 aromatic carbocycles. The molecule has 2 heterocycles. The highest BCUT2D eigenvalue weighted by Gasteiger charge is 2.26. The van der Waals surface area contributed by atoms with Crippen molar-refractivity contribution in [3.05, 3.63) is 51.6 Å². The number of fused-ring (bicyclic) bond motifs is 1. The first-order chi connectivity index (χ1) is 14.5. The fraction of sp³-hybridized carbons (Fsp3) is 0.286. The minimum Gasteiger partial charge on any atom is -0.462 e. The summed E-state index contributed by atoms with van der Waals surface area (Å²) in [5.41, 5.74) is 7.26. The van der Waals surface area contributed by atoms with Gasteiger partial charge in [-0.25, -0.2) is 9.59 Å². The molecule has 0 fully saturated rings. The quantitative estimate of drug-likeness (QED) is 0.533. The smallest absolute Gasteiger partial charge is 0.374 e. The van der Waals surface area contributed by atoms with Crippen LogP contribution in [0.1, 0.15) is 50.8 Å². The number of nitrogens with two attached hydrogens (primary N) is 1. The lowest BCUT2D eigenvalue weighted by Gasteiger charge is -2.07. The Kier molecular flexibility index (Phi) is 6.72. The number of hydrogen-bond acceptors (Lipinski definition) is 9. The van der Waals surface area contributed by atoms with Gasteiger partial charge in [0.25, 0.3) is 0 Å². The topological polar surface area (TPSA) is 125 Å². The van der Waals surface area contributed by atoms with Gasteiger partial charge in [-0.05, 0) is 19.9 Å². The van der Waals surface area contributed by atoms with E-state index in [0.717, 1.165) is 16.7 Å². The molecule has 0 unspecified atom stereocenters. The number of anilines is 1. The molecule has 0 aliphatic rings. The van der Waals surface area contributed by atoms with Crippen LogP contribution in [0, 0.1) is 11.3 Å². The lowest BCUT2D eigenvalue weighted by Crippen LogP contribution is -2.11. The van der Waals surface area contributed by atoms with Gasteiger partial charge in [-0.3, -0.25) is 0 Å². The number of hydrogen-bond donors (Lipinski definition) is 1. The van der Waals surface area contributed by atoms with E-state index in [9.17, 15) is 14.9 Å².